The van der Waals surface area contributed by atoms with Crippen LogP contribution in [0.25, 0.3) is 0 Å². The molecule has 1 amide bonds. The highest BCUT2D eigenvalue weighted by Gasteiger charge is 2.19. The van der Waals surface area contributed by atoms with Crippen molar-refractivity contribution < 1.29 is 9.18 Å². The van der Waals surface area contributed by atoms with Crippen molar-refractivity contribution >= 4 is 34.8 Å². The van der Waals surface area contributed by atoms with Crippen LogP contribution in [0.5, 0.6) is 0 Å². The van der Waals surface area contributed by atoms with Gasteiger partial charge >= 0.3 is 0 Å². The van der Waals surface area contributed by atoms with Crippen molar-refractivity contribution in [3.63, 3.8) is 0 Å². The molecular weight excluding hydrogens is 302 g/mol. The Balaban J connectivity index is 2.37. The molecule has 0 heterocycles. The van der Waals surface area contributed by atoms with Crippen molar-refractivity contribution in [2.45, 2.75) is 6.04 Å². The minimum Gasteiger partial charge on any atom is -0.369 e. The molecule has 6 heteroatoms. The number of benzene rings is 2. The largest absolute Gasteiger partial charge is 0.369 e. The number of nitrogens with two attached hydrogens (primary N) is 1. The monoisotopic (exact) mass is 312 g/mol. The molecule has 3 N–H and O–H groups in total. The third kappa shape index (κ3) is 3.40. The Labute approximate surface area is 125 Å². The van der Waals surface area contributed by atoms with Crippen LogP contribution in [0.3, 0.4) is 0 Å². The first-order valence-corrected chi connectivity index (χ1v) is 6.49. The maximum atomic E-state index is 13.4. The summed E-state index contributed by atoms with van der Waals surface area (Å²) in [6.45, 7) is 0. The van der Waals surface area contributed by atoms with Crippen LogP contribution in [0.4, 0.5) is 10.1 Å². The number of para-hydroxylation sites is 1. The number of primary amides is 1. The van der Waals surface area contributed by atoms with Gasteiger partial charge in [0.05, 0.1) is 10.7 Å². The Morgan fingerprint density at radius 1 is 1.20 bits per heavy atom. The molecule has 1 unspecified atom stereocenters. The quantitative estimate of drug-likeness (QED) is 0.903. The molecule has 0 radical (unpaired) electrons. The van der Waals surface area contributed by atoms with Crippen LogP contribution in [0, 0.1) is 5.82 Å². The highest BCUT2D eigenvalue weighted by Crippen LogP contribution is 2.27. The molecule has 0 aromatic heterocycles. The van der Waals surface area contributed by atoms with Gasteiger partial charge in [0.1, 0.15) is 11.9 Å². The average molecular weight is 313 g/mol. The molecule has 2 aromatic rings. The second kappa shape index (κ2) is 6.11. The van der Waals surface area contributed by atoms with Crippen LogP contribution in [-0.2, 0) is 4.79 Å². The zero-order valence-electron chi connectivity index (χ0n) is 10.2. The van der Waals surface area contributed by atoms with Crippen LogP contribution >= 0.6 is 23.2 Å². The lowest BCUT2D eigenvalue weighted by Gasteiger charge is -2.18. The molecule has 0 fully saturated rings. The molecule has 0 aliphatic heterocycles. The van der Waals surface area contributed by atoms with Crippen molar-refractivity contribution in [1.29, 1.82) is 0 Å². The molecule has 0 saturated carbocycles. The number of hydrogen-bond acceptors (Lipinski definition) is 2. The Kier molecular flexibility index (Phi) is 4.47. The fraction of sp³-hybridized carbons (Fsp3) is 0.0714. The first-order valence-electron chi connectivity index (χ1n) is 5.74. The molecule has 0 aliphatic rings. The molecule has 0 bridgehead atoms. The lowest BCUT2D eigenvalue weighted by atomic mass is 10.1. The van der Waals surface area contributed by atoms with E-state index in [-0.39, 0.29) is 5.02 Å². The van der Waals surface area contributed by atoms with Crippen molar-refractivity contribution in [2.75, 3.05) is 5.32 Å². The van der Waals surface area contributed by atoms with Gasteiger partial charge in [-0.25, -0.2) is 4.39 Å². The lowest BCUT2D eigenvalue weighted by Crippen LogP contribution is -2.28. The second-order valence-electron chi connectivity index (χ2n) is 4.16. The normalized spacial score (nSPS) is 11.9. The average Bonchev–Trinajstić information content (AvgIpc) is 2.36. The molecular formula is C14H11Cl2FN2O. The fourth-order valence-electron chi connectivity index (χ4n) is 1.79. The van der Waals surface area contributed by atoms with E-state index in [1.54, 1.807) is 24.3 Å². The summed E-state index contributed by atoms with van der Waals surface area (Å²) in [5.74, 6) is -1.20. The summed E-state index contributed by atoms with van der Waals surface area (Å²) >= 11 is 11.8. The van der Waals surface area contributed by atoms with E-state index in [4.69, 9.17) is 28.9 Å². The van der Waals surface area contributed by atoms with Gasteiger partial charge in [0.15, 0.2) is 0 Å². The van der Waals surface area contributed by atoms with Gasteiger partial charge in [-0.1, -0.05) is 35.3 Å². The molecule has 20 heavy (non-hydrogen) atoms. The minimum atomic E-state index is -0.928. The van der Waals surface area contributed by atoms with Gasteiger partial charge in [0.25, 0.3) is 0 Å². The van der Waals surface area contributed by atoms with Crippen LogP contribution in [-0.4, -0.2) is 5.91 Å². The van der Waals surface area contributed by atoms with Gasteiger partial charge in [-0.3, -0.25) is 4.79 Å². The van der Waals surface area contributed by atoms with Crippen LogP contribution in [0.2, 0.25) is 10.0 Å². The van der Waals surface area contributed by atoms with Crippen molar-refractivity contribution in [3.05, 3.63) is 63.9 Å². The molecule has 2 rings (SSSR count). The van der Waals surface area contributed by atoms with Crippen molar-refractivity contribution in [1.82, 2.24) is 0 Å². The van der Waals surface area contributed by atoms with Crippen LogP contribution in [0.1, 0.15) is 11.6 Å². The number of hydrogen-bond donors (Lipinski definition) is 2. The van der Waals surface area contributed by atoms with Crippen LogP contribution < -0.4 is 11.1 Å². The summed E-state index contributed by atoms with van der Waals surface area (Å²) in [6, 6.07) is 9.77. The molecule has 3 nitrogen and oxygen atoms in total. The van der Waals surface area contributed by atoms with Crippen molar-refractivity contribution in [3.8, 4) is 0 Å². The third-order valence-corrected chi connectivity index (χ3v) is 3.22. The Morgan fingerprint density at radius 2 is 1.90 bits per heavy atom. The Bertz CT molecular complexity index is 629. The molecule has 104 valence electrons. The standard InChI is InChI=1S/C14H11Cl2FN2O/c15-9-5-8(6-10(17)7-9)13(14(18)20)19-12-4-2-1-3-11(12)16/h1-7,13,19H,(H2,18,20). The number of amides is 1. The predicted octanol–water partition coefficient (Wildman–Crippen LogP) is 3.77. The van der Waals surface area contributed by atoms with Gasteiger partial charge in [0.2, 0.25) is 5.91 Å². The van der Waals surface area contributed by atoms with E-state index in [0.717, 1.165) is 6.07 Å². The summed E-state index contributed by atoms with van der Waals surface area (Å²) in [4.78, 5) is 11.6. The molecule has 2 aromatic carbocycles. The molecule has 0 saturated heterocycles. The molecule has 1 atom stereocenters. The lowest BCUT2D eigenvalue weighted by molar-refractivity contribution is -0.118. The number of nitrogens with one attached hydrogen (secondary N) is 1. The van der Waals surface area contributed by atoms with Gasteiger partial charge in [-0.05, 0) is 35.9 Å². The number of rotatable bonds is 4. The SMILES string of the molecule is NC(=O)C(Nc1ccccc1Cl)c1cc(F)cc(Cl)c1. The minimum absolute atomic E-state index is 0.187. The van der Waals surface area contributed by atoms with E-state index >= 15 is 0 Å². The number of anilines is 1. The van der Waals surface area contributed by atoms with E-state index in [1.807, 2.05) is 0 Å². The van der Waals surface area contributed by atoms with E-state index < -0.39 is 17.8 Å². The van der Waals surface area contributed by atoms with E-state index in [1.165, 1.54) is 12.1 Å². The Hall–Kier alpha value is -1.78. The summed E-state index contributed by atoms with van der Waals surface area (Å²) < 4.78 is 13.4. The first kappa shape index (κ1) is 14.6. The van der Waals surface area contributed by atoms with Gasteiger partial charge in [0, 0.05) is 5.02 Å². The first-order chi connectivity index (χ1) is 9.47. The van der Waals surface area contributed by atoms with E-state index in [0.29, 0.717) is 16.3 Å². The Morgan fingerprint density at radius 3 is 2.50 bits per heavy atom. The highest BCUT2D eigenvalue weighted by atomic mass is 35.5. The van der Waals surface area contributed by atoms with E-state index in [2.05, 4.69) is 5.32 Å². The summed E-state index contributed by atoms with van der Waals surface area (Å²) in [6.07, 6.45) is 0. The third-order valence-electron chi connectivity index (χ3n) is 2.68. The highest BCUT2D eigenvalue weighted by molar-refractivity contribution is 6.33. The fourth-order valence-corrected chi connectivity index (χ4v) is 2.21. The predicted molar refractivity (Wildman–Crippen MR) is 78.4 cm³/mol. The van der Waals surface area contributed by atoms with E-state index in [9.17, 15) is 9.18 Å². The van der Waals surface area contributed by atoms with Gasteiger partial charge < -0.3 is 11.1 Å². The number of carbonyl (C=O) groups is 1. The maximum absolute atomic E-state index is 13.4. The summed E-state index contributed by atoms with van der Waals surface area (Å²) in [5, 5.41) is 3.50. The smallest absolute Gasteiger partial charge is 0.244 e. The van der Waals surface area contributed by atoms with Gasteiger partial charge in [-0.2, -0.15) is 0 Å². The van der Waals surface area contributed by atoms with Gasteiger partial charge in [-0.15, -0.1) is 0 Å². The summed E-state index contributed by atoms with van der Waals surface area (Å²) in [7, 11) is 0. The number of halogens is 3. The topological polar surface area (TPSA) is 55.1 Å². The molecule has 0 spiro atoms. The van der Waals surface area contributed by atoms with Crippen molar-refractivity contribution in [2.24, 2.45) is 5.73 Å². The molecule has 0 aliphatic carbocycles. The zero-order chi connectivity index (χ0) is 14.7. The number of carbonyl (C=O) groups excluding carboxylic acids is 1. The van der Waals surface area contributed by atoms with Crippen LogP contribution in [0.15, 0.2) is 42.5 Å². The maximum Gasteiger partial charge on any atom is 0.244 e. The second-order valence-corrected chi connectivity index (χ2v) is 5.01. The summed E-state index contributed by atoms with van der Waals surface area (Å²) in [5.41, 5.74) is 6.22. The zero-order valence-corrected chi connectivity index (χ0v) is 11.8.